The van der Waals surface area contributed by atoms with Crippen LogP contribution in [0.2, 0.25) is 0 Å². The third-order valence-electron chi connectivity index (χ3n) is 4.85. The van der Waals surface area contributed by atoms with E-state index in [1.807, 2.05) is 42.5 Å². The van der Waals surface area contributed by atoms with E-state index >= 15 is 0 Å². The van der Waals surface area contributed by atoms with Crippen molar-refractivity contribution < 1.29 is 14.3 Å². The molecule has 0 radical (unpaired) electrons. The van der Waals surface area contributed by atoms with Gasteiger partial charge in [0.2, 0.25) is 0 Å². The van der Waals surface area contributed by atoms with Crippen LogP contribution >= 0.6 is 15.9 Å². The zero-order chi connectivity index (χ0) is 19.0. The van der Waals surface area contributed by atoms with E-state index in [0.717, 1.165) is 46.8 Å². The number of hydrogen-bond acceptors (Lipinski definition) is 3. The smallest absolute Gasteiger partial charge is 0.197 e. The van der Waals surface area contributed by atoms with Gasteiger partial charge in [-0.2, -0.15) is 0 Å². The molecule has 1 N–H and O–H groups in total. The molecule has 0 saturated heterocycles. The molecule has 0 aliphatic carbocycles. The predicted molar refractivity (Wildman–Crippen MR) is 112 cm³/mol. The quantitative estimate of drug-likeness (QED) is 0.367. The van der Waals surface area contributed by atoms with E-state index in [1.54, 1.807) is 12.1 Å². The van der Waals surface area contributed by atoms with Crippen molar-refractivity contribution in [2.75, 3.05) is 0 Å². The summed E-state index contributed by atoms with van der Waals surface area (Å²) in [4.78, 5) is 13.4. The van der Waals surface area contributed by atoms with Gasteiger partial charge in [-0.15, -0.1) is 0 Å². The Balaban J connectivity index is 1.85. The fourth-order valence-electron chi connectivity index (χ4n) is 3.42. The maximum atomic E-state index is 13.4. The Morgan fingerprint density at radius 3 is 2.70 bits per heavy atom. The van der Waals surface area contributed by atoms with E-state index < -0.39 is 0 Å². The van der Waals surface area contributed by atoms with Crippen LogP contribution in [0.1, 0.15) is 41.4 Å². The fraction of sp³-hybridized carbons (Fsp3) is 0.174. The van der Waals surface area contributed by atoms with Gasteiger partial charge in [-0.3, -0.25) is 4.79 Å². The molecule has 0 spiro atoms. The molecule has 0 atom stereocenters. The van der Waals surface area contributed by atoms with Crippen molar-refractivity contribution >= 4 is 43.5 Å². The van der Waals surface area contributed by atoms with Crippen molar-refractivity contribution in [3.05, 3.63) is 76.0 Å². The van der Waals surface area contributed by atoms with E-state index in [9.17, 15) is 9.90 Å². The number of rotatable bonds is 5. The van der Waals surface area contributed by atoms with Crippen LogP contribution in [-0.4, -0.2) is 10.9 Å². The minimum Gasteiger partial charge on any atom is -0.507 e. The van der Waals surface area contributed by atoms with E-state index in [0.29, 0.717) is 15.6 Å². The third kappa shape index (κ3) is 3.15. The zero-order valence-electron chi connectivity index (χ0n) is 15.0. The topological polar surface area (TPSA) is 50.4 Å². The number of phenolic OH excluding ortho intramolecular Hbond substituents is 1. The molecule has 136 valence electrons. The molecule has 0 aliphatic heterocycles. The van der Waals surface area contributed by atoms with Gasteiger partial charge in [-0.05, 0) is 51.3 Å². The minimum atomic E-state index is -0.0304. The second kappa shape index (κ2) is 7.20. The fourth-order valence-corrected chi connectivity index (χ4v) is 3.92. The van der Waals surface area contributed by atoms with E-state index in [-0.39, 0.29) is 11.5 Å². The van der Waals surface area contributed by atoms with Crippen LogP contribution < -0.4 is 0 Å². The van der Waals surface area contributed by atoms with Gasteiger partial charge in [0.05, 0.1) is 10.0 Å². The normalized spacial score (nSPS) is 11.3. The SMILES string of the molecule is CCCCc1oc2ccccc2c1C(=O)c1ccc2c(Br)c(O)ccc2c1. The van der Waals surface area contributed by atoms with Crippen LogP contribution in [0.15, 0.2) is 63.5 Å². The van der Waals surface area contributed by atoms with Gasteiger partial charge >= 0.3 is 0 Å². The van der Waals surface area contributed by atoms with Crippen LogP contribution in [0.4, 0.5) is 0 Å². The molecule has 0 amide bonds. The van der Waals surface area contributed by atoms with Crippen molar-refractivity contribution in [3.8, 4) is 5.75 Å². The number of aryl methyl sites for hydroxylation is 1. The number of para-hydroxylation sites is 1. The lowest BCUT2D eigenvalue weighted by atomic mass is 9.96. The number of aromatic hydroxyl groups is 1. The zero-order valence-corrected chi connectivity index (χ0v) is 16.5. The highest BCUT2D eigenvalue weighted by Crippen LogP contribution is 2.34. The number of ketones is 1. The summed E-state index contributed by atoms with van der Waals surface area (Å²) in [7, 11) is 0. The standard InChI is InChI=1S/C23H19BrO3/c1-2-3-7-20-21(17-6-4-5-8-19(17)27-20)23(26)15-9-11-16-14(13-15)10-12-18(25)22(16)24/h4-6,8-13,25H,2-3,7H2,1H3. The highest BCUT2D eigenvalue weighted by Gasteiger charge is 2.22. The van der Waals surface area contributed by atoms with Crippen LogP contribution in [0, 0.1) is 0 Å². The van der Waals surface area contributed by atoms with Gasteiger partial charge in [0.1, 0.15) is 17.1 Å². The summed E-state index contributed by atoms with van der Waals surface area (Å²) < 4.78 is 6.64. The Morgan fingerprint density at radius 2 is 1.89 bits per heavy atom. The number of hydrogen-bond donors (Lipinski definition) is 1. The Hall–Kier alpha value is -2.59. The number of carbonyl (C=O) groups excluding carboxylic acids is 1. The monoisotopic (exact) mass is 422 g/mol. The number of halogens is 1. The lowest BCUT2D eigenvalue weighted by molar-refractivity contribution is 0.103. The molecule has 1 heterocycles. The summed E-state index contributed by atoms with van der Waals surface area (Å²) >= 11 is 3.40. The van der Waals surface area contributed by atoms with Gasteiger partial charge in [-0.25, -0.2) is 0 Å². The first kappa shape index (κ1) is 17.8. The highest BCUT2D eigenvalue weighted by atomic mass is 79.9. The van der Waals surface area contributed by atoms with Crippen LogP contribution in [0.5, 0.6) is 5.75 Å². The molecule has 4 rings (SSSR count). The molecular formula is C23H19BrO3. The summed E-state index contributed by atoms with van der Waals surface area (Å²) in [5.74, 6) is 0.913. The molecule has 1 aromatic heterocycles. The molecule has 0 unspecified atom stereocenters. The summed E-state index contributed by atoms with van der Waals surface area (Å²) in [6.07, 6.45) is 2.77. The summed E-state index contributed by atoms with van der Waals surface area (Å²) in [6, 6.07) is 16.7. The first-order valence-electron chi connectivity index (χ1n) is 9.06. The number of fused-ring (bicyclic) bond motifs is 2. The first-order valence-corrected chi connectivity index (χ1v) is 9.85. The Kier molecular flexibility index (Phi) is 4.75. The van der Waals surface area contributed by atoms with Crippen molar-refractivity contribution in [2.45, 2.75) is 26.2 Å². The predicted octanol–water partition coefficient (Wildman–Crippen LogP) is 6.63. The Morgan fingerprint density at radius 1 is 1.07 bits per heavy atom. The molecule has 4 aromatic rings. The molecule has 0 saturated carbocycles. The second-order valence-corrected chi connectivity index (χ2v) is 7.46. The maximum absolute atomic E-state index is 13.4. The van der Waals surface area contributed by atoms with Crippen molar-refractivity contribution in [3.63, 3.8) is 0 Å². The number of furan rings is 1. The van der Waals surface area contributed by atoms with Crippen molar-refractivity contribution in [1.82, 2.24) is 0 Å². The van der Waals surface area contributed by atoms with Gasteiger partial charge in [0, 0.05) is 17.4 Å². The van der Waals surface area contributed by atoms with Gasteiger partial charge in [0.15, 0.2) is 5.78 Å². The lowest BCUT2D eigenvalue weighted by Crippen LogP contribution is -2.04. The summed E-state index contributed by atoms with van der Waals surface area (Å²) in [5, 5.41) is 12.5. The highest BCUT2D eigenvalue weighted by molar-refractivity contribution is 9.10. The molecule has 3 nitrogen and oxygen atoms in total. The van der Waals surface area contributed by atoms with E-state index in [4.69, 9.17) is 4.42 Å². The number of unbranched alkanes of at least 4 members (excludes halogenated alkanes) is 1. The van der Waals surface area contributed by atoms with E-state index in [2.05, 4.69) is 22.9 Å². The maximum Gasteiger partial charge on any atom is 0.197 e. The number of benzene rings is 3. The van der Waals surface area contributed by atoms with Crippen LogP contribution in [0.3, 0.4) is 0 Å². The number of phenols is 1. The average Bonchev–Trinajstić information content (AvgIpc) is 3.06. The largest absolute Gasteiger partial charge is 0.507 e. The van der Waals surface area contributed by atoms with Crippen molar-refractivity contribution in [1.29, 1.82) is 0 Å². The molecule has 0 bridgehead atoms. The molecule has 3 aromatic carbocycles. The molecule has 0 fully saturated rings. The first-order chi connectivity index (χ1) is 13.1. The second-order valence-electron chi connectivity index (χ2n) is 6.66. The van der Waals surface area contributed by atoms with Crippen molar-refractivity contribution in [2.24, 2.45) is 0 Å². The minimum absolute atomic E-state index is 0.0304. The Labute approximate surface area is 165 Å². The summed E-state index contributed by atoms with van der Waals surface area (Å²) in [6.45, 7) is 2.13. The van der Waals surface area contributed by atoms with Crippen LogP contribution in [-0.2, 0) is 6.42 Å². The summed E-state index contributed by atoms with van der Waals surface area (Å²) in [5.41, 5.74) is 2.03. The molecular weight excluding hydrogens is 404 g/mol. The molecule has 0 aliphatic rings. The van der Waals surface area contributed by atoms with Crippen LogP contribution in [0.25, 0.3) is 21.7 Å². The van der Waals surface area contributed by atoms with Gasteiger partial charge < -0.3 is 9.52 Å². The third-order valence-corrected chi connectivity index (χ3v) is 5.68. The average molecular weight is 423 g/mol. The molecule has 4 heteroatoms. The molecule has 27 heavy (non-hydrogen) atoms. The Bertz CT molecular complexity index is 1160. The van der Waals surface area contributed by atoms with Gasteiger partial charge in [0.25, 0.3) is 0 Å². The number of carbonyl (C=O) groups is 1. The van der Waals surface area contributed by atoms with E-state index in [1.165, 1.54) is 0 Å². The lowest BCUT2D eigenvalue weighted by Gasteiger charge is -2.07. The van der Waals surface area contributed by atoms with Gasteiger partial charge in [-0.1, -0.05) is 49.7 Å².